The smallest absolute Gasteiger partial charge is 0.272 e. The van der Waals surface area contributed by atoms with Crippen LogP contribution in [0.15, 0.2) is 6.07 Å². The van der Waals surface area contributed by atoms with E-state index in [1.807, 2.05) is 20.0 Å². The highest BCUT2D eigenvalue weighted by molar-refractivity contribution is 5.93. The molecule has 2 heterocycles. The van der Waals surface area contributed by atoms with E-state index in [1.165, 1.54) is 19.3 Å². The molecule has 0 N–H and O–H groups in total. The highest BCUT2D eigenvalue weighted by Crippen LogP contribution is 2.26. The van der Waals surface area contributed by atoms with Gasteiger partial charge < -0.3 is 9.64 Å². The van der Waals surface area contributed by atoms with Gasteiger partial charge in [0.1, 0.15) is 5.69 Å². The first-order valence-electron chi connectivity index (χ1n) is 8.54. The molecule has 0 spiro atoms. The minimum Gasteiger partial charge on any atom is -0.381 e. The molecule has 5 heteroatoms. The first-order valence-corrected chi connectivity index (χ1v) is 8.54. The van der Waals surface area contributed by atoms with Crippen LogP contribution in [0.1, 0.15) is 54.7 Å². The Morgan fingerprint density at radius 2 is 2.14 bits per heavy atom. The van der Waals surface area contributed by atoms with E-state index in [4.69, 9.17) is 4.74 Å². The lowest BCUT2D eigenvalue weighted by Gasteiger charge is -2.35. The number of aromatic nitrogens is 2. The SMILES string of the molecule is Cc1cc(C(=O)N(C[C@H]2CCOC2)C2CCCCC2)n(C)n1. The van der Waals surface area contributed by atoms with Crippen LogP contribution in [-0.4, -0.2) is 46.4 Å². The van der Waals surface area contributed by atoms with Crippen LogP contribution in [0.5, 0.6) is 0 Å². The maximum Gasteiger partial charge on any atom is 0.272 e. The predicted octanol–water partition coefficient (Wildman–Crippen LogP) is 2.54. The van der Waals surface area contributed by atoms with E-state index in [1.54, 1.807) is 4.68 Å². The molecule has 2 fully saturated rings. The fourth-order valence-corrected chi connectivity index (χ4v) is 3.75. The molecule has 1 aliphatic carbocycles. The van der Waals surface area contributed by atoms with Gasteiger partial charge in [0.15, 0.2) is 0 Å². The second-order valence-electron chi connectivity index (χ2n) is 6.77. The zero-order chi connectivity index (χ0) is 15.5. The second kappa shape index (κ2) is 6.82. The lowest BCUT2D eigenvalue weighted by molar-refractivity contribution is 0.0571. The van der Waals surface area contributed by atoms with Gasteiger partial charge in [-0.25, -0.2) is 0 Å². The van der Waals surface area contributed by atoms with Crippen molar-refractivity contribution in [1.82, 2.24) is 14.7 Å². The van der Waals surface area contributed by atoms with Gasteiger partial charge in [0.25, 0.3) is 5.91 Å². The van der Waals surface area contributed by atoms with Crippen molar-refractivity contribution in [3.8, 4) is 0 Å². The first-order chi connectivity index (χ1) is 10.6. The molecule has 1 atom stereocenters. The zero-order valence-electron chi connectivity index (χ0n) is 13.8. The standard InChI is InChI=1S/C17H27N3O2/c1-13-10-16(19(2)18-13)17(21)20(11-14-8-9-22-12-14)15-6-4-3-5-7-15/h10,14-15H,3-9,11-12H2,1-2H3/t14-/m1/s1. The van der Waals surface area contributed by atoms with E-state index in [0.29, 0.717) is 17.7 Å². The Balaban J connectivity index is 1.79. The van der Waals surface area contributed by atoms with Crippen LogP contribution < -0.4 is 0 Å². The van der Waals surface area contributed by atoms with Crippen molar-refractivity contribution < 1.29 is 9.53 Å². The molecular weight excluding hydrogens is 278 g/mol. The summed E-state index contributed by atoms with van der Waals surface area (Å²) >= 11 is 0. The molecule has 0 bridgehead atoms. The fourth-order valence-electron chi connectivity index (χ4n) is 3.75. The number of amides is 1. The Hall–Kier alpha value is -1.36. The van der Waals surface area contributed by atoms with Crippen LogP contribution >= 0.6 is 0 Å². The van der Waals surface area contributed by atoms with Crippen LogP contribution in [0, 0.1) is 12.8 Å². The molecule has 1 amide bonds. The maximum atomic E-state index is 13.1. The van der Waals surface area contributed by atoms with Crippen LogP contribution in [-0.2, 0) is 11.8 Å². The molecule has 1 aliphatic heterocycles. The number of carbonyl (C=O) groups excluding carboxylic acids is 1. The number of aryl methyl sites for hydroxylation is 2. The molecule has 122 valence electrons. The number of hydrogen-bond donors (Lipinski definition) is 0. The van der Waals surface area contributed by atoms with Gasteiger partial charge in [-0.1, -0.05) is 19.3 Å². The monoisotopic (exact) mass is 305 g/mol. The Morgan fingerprint density at radius 1 is 1.36 bits per heavy atom. The first kappa shape index (κ1) is 15.5. The number of carbonyl (C=O) groups is 1. The van der Waals surface area contributed by atoms with E-state index in [2.05, 4.69) is 10.00 Å². The van der Waals surface area contributed by atoms with Crippen molar-refractivity contribution in [2.24, 2.45) is 13.0 Å². The van der Waals surface area contributed by atoms with Gasteiger partial charge in [0.05, 0.1) is 12.3 Å². The molecule has 1 aromatic heterocycles. The quantitative estimate of drug-likeness (QED) is 0.859. The van der Waals surface area contributed by atoms with E-state index in [9.17, 15) is 4.79 Å². The summed E-state index contributed by atoms with van der Waals surface area (Å²) < 4.78 is 7.22. The fraction of sp³-hybridized carbons (Fsp3) is 0.765. The van der Waals surface area contributed by atoms with E-state index >= 15 is 0 Å². The van der Waals surface area contributed by atoms with Gasteiger partial charge in [-0.2, -0.15) is 5.10 Å². The van der Waals surface area contributed by atoms with E-state index in [0.717, 1.165) is 44.7 Å². The number of ether oxygens (including phenoxy) is 1. The molecule has 1 saturated heterocycles. The molecule has 2 aliphatic rings. The van der Waals surface area contributed by atoms with Crippen LogP contribution in [0.4, 0.5) is 0 Å². The third-order valence-electron chi connectivity index (χ3n) is 4.98. The molecule has 3 rings (SSSR count). The highest BCUT2D eigenvalue weighted by atomic mass is 16.5. The van der Waals surface area contributed by atoms with Gasteiger partial charge in [0, 0.05) is 32.2 Å². The maximum absolute atomic E-state index is 13.1. The lowest BCUT2D eigenvalue weighted by Crippen LogP contribution is -2.45. The molecule has 5 nitrogen and oxygen atoms in total. The number of rotatable bonds is 4. The predicted molar refractivity (Wildman–Crippen MR) is 84.8 cm³/mol. The summed E-state index contributed by atoms with van der Waals surface area (Å²) in [6, 6.07) is 2.29. The Kier molecular flexibility index (Phi) is 4.81. The van der Waals surface area contributed by atoms with Crippen molar-refractivity contribution in [2.75, 3.05) is 19.8 Å². The summed E-state index contributed by atoms with van der Waals surface area (Å²) in [6.07, 6.45) is 7.11. The van der Waals surface area contributed by atoms with Crippen molar-refractivity contribution in [1.29, 1.82) is 0 Å². The van der Waals surface area contributed by atoms with Crippen LogP contribution in [0.25, 0.3) is 0 Å². The van der Waals surface area contributed by atoms with Crippen molar-refractivity contribution in [3.63, 3.8) is 0 Å². The van der Waals surface area contributed by atoms with Crippen LogP contribution in [0.3, 0.4) is 0 Å². The second-order valence-corrected chi connectivity index (χ2v) is 6.77. The normalized spacial score (nSPS) is 22.9. The summed E-state index contributed by atoms with van der Waals surface area (Å²) in [5.41, 5.74) is 1.61. The molecule has 0 radical (unpaired) electrons. The van der Waals surface area contributed by atoms with Crippen molar-refractivity contribution in [3.05, 3.63) is 17.5 Å². The Morgan fingerprint density at radius 3 is 2.73 bits per heavy atom. The number of hydrogen-bond acceptors (Lipinski definition) is 3. The lowest BCUT2D eigenvalue weighted by atomic mass is 9.93. The third-order valence-corrected chi connectivity index (χ3v) is 4.98. The molecule has 1 saturated carbocycles. The molecule has 0 unspecified atom stereocenters. The highest BCUT2D eigenvalue weighted by Gasteiger charge is 2.31. The van der Waals surface area contributed by atoms with Gasteiger partial charge in [-0.05, 0) is 32.3 Å². The van der Waals surface area contributed by atoms with E-state index in [-0.39, 0.29) is 5.91 Å². The van der Waals surface area contributed by atoms with Crippen LogP contribution in [0.2, 0.25) is 0 Å². The summed E-state index contributed by atoms with van der Waals surface area (Å²) in [5.74, 6) is 0.627. The van der Waals surface area contributed by atoms with Crippen molar-refractivity contribution >= 4 is 5.91 Å². The minimum absolute atomic E-state index is 0.141. The largest absolute Gasteiger partial charge is 0.381 e. The average Bonchev–Trinajstić information content (AvgIpc) is 3.14. The molecular formula is C17H27N3O2. The summed E-state index contributed by atoms with van der Waals surface area (Å²) in [6.45, 7) is 4.39. The molecule has 0 aromatic carbocycles. The topological polar surface area (TPSA) is 47.4 Å². The number of nitrogens with zero attached hydrogens (tertiary/aromatic N) is 3. The van der Waals surface area contributed by atoms with E-state index < -0.39 is 0 Å². The zero-order valence-corrected chi connectivity index (χ0v) is 13.8. The Bertz CT molecular complexity index is 514. The average molecular weight is 305 g/mol. The van der Waals surface area contributed by atoms with Gasteiger partial charge in [-0.3, -0.25) is 9.48 Å². The van der Waals surface area contributed by atoms with Crippen molar-refractivity contribution in [2.45, 2.75) is 51.5 Å². The minimum atomic E-state index is 0.141. The summed E-state index contributed by atoms with van der Waals surface area (Å²) in [5, 5.41) is 4.34. The Labute approximate surface area is 132 Å². The summed E-state index contributed by atoms with van der Waals surface area (Å²) in [7, 11) is 1.86. The van der Waals surface area contributed by atoms with Gasteiger partial charge in [-0.15, -0.1) is 0 Å². The molecule has 1 aromatic rings. The van der Waals surface area contributed by atoms with Gasteiger partial charge >= 0.3 is 0 Å². The third kappa shape index (κ3) is 3.35. The summed E-state index contributed by atoms with van der Waals surface area (Å²) in [4.78, 5) is 15.2. The molecule has 22 heavy (non-hydrogen) atoms. The van der Waals surface area contributed by atoms with Gasteiger partial charge in [0.2, 0.25) is 0 Å².